The number of nitrogens with zero attached hydrogens (tertiary/aromatic N) is 1. The Hall–Kier alpha value is -2.61. The van der Waals surface area contributed by atoms with Crippen LogP contribution in [0.2, 0.25) is 0 Å². The van der Waals surface area contributed by atoms with E-state index >= 15 is 0 Å². The van der Waals surface area contributed by atoms with E-state index in [0.29, 0.717) is 11.4 Å². The Morgan fingerprint density at radius 2 is 1.77 bits per heavy atom. The molecule has 0 saturated heterocycles. The highest BCUT2D eigenvalue weighted by atomic mass is 32.2. The lowest BCUT2D eigenvalue weighted by Crippen LogP contribution is -2.37. The highest BCUT2D eigenvalue weighted by Crippen LogP contribution is 2.30. The fraction of sp³-hybridized carbons (Fsp3) is 0.278. The molecule has 0 radical (unpaired) electrons. The van der Waals surface area contributed by atoms with Crippen LogP contribution in [0.1, 0.15) is 13.8 Å². The normalized spacial score (nSPS) is 11.3. The van der Waals surface area contributed by atoms with Crippen LogP contribution in [0.5, 0.6) is 5.75 Å². The molecule has 2 rings (SSSR count). The predicted molar refractivity (Wildman–Crippen MR) is 99.4 cm³/mol. The van der Waals surface area contributed by atoms with Crippen LogP contribution in [0.4, 0.5) is 15.8 Å². The van der Waals surface area contributed by atoms with Crippen LogP contribution in [0, 0.1) is 5.82 Å². The summed E-state index contributed by atoms with van der Waals surface area (Å²) in [7, 11) is -3.74. The number of sulfonamides is 1. The standard InChI is InChI=1S/C18H21FN2O4S/c1-13(2)25-17-7-5-4-6-16(17)21(26(3,23)24)12-18(22)20-15-10-8-14(19)9-11-15/h4-11,13H,12H2,1-3H3,(H,20,22). The van der Waals surface area contributed by atoms with Gasteiger partial charge in [0, 0.05) is 5.69 Å². The van der Waals surface area contributed by atoms with Gasteiger partial charge in [0.1, 0.15) is 18.1 Å². The van der Waals surface area contributed by atoms with Crippen molar-refractivity contribution in [1.82, 2.24) is 0 Å². The molecule has 140 valence electrons. The lowest BCUT2D eigenvalue weighted by molar-refractivity contribution is -0.114. The molecule has 1 N–H and O–H groups in total. The van der Waals surface area contributed by atoms with Crippen molar-refractivity contribution in [2.75, 3.05) is 22.4 Å². The topological polar surface area (TPSA) is 75.7 Å². The summed E-state index contributed by atoms with van der Waals surface area (Å²) in [6.45, 7) is 3.21. The number of carbonyl (C=O) groups excluding carboxylic acids is 1. The number of rotatable bonds is 7. The number of ether oxygens (including phenoxy) is 1. The Kier molecular flexibility index (Phi) is 6.20. The van der Waals surface area contributed by atoms with E-state index in [2.05, 4.69) is 5.32 Å². The first-order valence-electron chi connectivity index (χ1n) is 7.95. The summed E-state index contributed by atoms with van der Waals surface area (Å²) >= 11 is 0. The van der Waals surface area contributed by atoms with E-state index in [-0.39, 0.29) is 11.8 Å². The van der Waals surface area contributed by atoms with Gasteiger partial charge >= 0.3 is 0 Å². The molecule has 8 heteroatoms. The molecule has 0 bridgehead atoms. The van der Waals surface area contributed by atoms with E-state index in [9.17, 15) is 17.6 Å². The van der Waals surface area contributed by atoms with Gasteiger partial charge in [0.15, 0.2) is 0 Å². The summed E-state index contributed by atoms with van der Waals surface area (Å²) in [5.74, 6) is -0.621. The van der Waals surface area contributed by atoms with Crippen LogP contribution in [0.3, 0.4) is 0 Å². The fourth-order valence-corrected chi connectivity index (χ4v) is 3.12. The Bertz CT molecular complexity index is 867. The number of hydrogen-bond donors (Lipinski definition) is 1. The molecule has 0 saturated carbocycles. The molecule has 26 heavy (non-hydrogen) atoms. The number of anilines is 2. The first-order valence-corrected chi connectivity index (χ1v) is 9.80. The molecule has 0 aliphatic carbocycles. The van der Waals surface area contributed by atoms with Crippen LogP contribution >= 0.6 is 0 Å². The minimum Gasteiger partial charge on any atom is -0.489 e. The van der Waals surface area contributed by atoms with Gasteiger partial charge in [-0.25, -0.2) is 12.8 Å². The van der Waals surface area contributed by atoms with E-state index in [4.69, 9.17) is 4.74 Å². The van der Waals surface area contributed by atoms with E-state index in [1.807, 2.05) is 13.8 Å². The van der Waals surface area contributed by atoms with Crippen molar-refractivity contribution in [1.29, 1.82) is 0 Å². The molecule has 0 atom stereocenters. The maximum absolute atomic E-state index is 12.9. The average Bonchev–Trinajstić information content (AvgIpc) is 2.54. The van der Waals surface area contributed by atoms with Gasteiger partial charge in [-0.3, -0.25) is 9.10 Å². The van der Waals surface area contributed by atoms with Crippen molar-refractivity contribution in [2.45, 2.75) is 20.0 Å². The van der Waals surface area contributed by atoms with Crippen LogP contribution < -0.4 is 14.4 Å². The van der Waals surface area contributed by atoms with Crippen molar-refractivity contribution in [2.24, 2.45) is 0 Å². The van der Waals surface area contributed by atoms with Crippen molar-refractivity contribution in [3.8, 4) is 5.75 Å². The molecule has 2 aromatic carbocycles. The van der Waals surface area contributed by atoms with E-state index in [1.54, 1.807) is 24.3 Å². The molecule has 0 aromatic heterocycles. The zero-order chi connectivity index (χ0) is 19.3. The average molecular weight is 380 g/mol. The van der Waals surface area contributed by atoms with Crippen molar-refractivity contribution in [3.05, 3.63) is 54.3 Å². The third-order valence-electron chi connectivity index (χ3n) is 3.31. The maximum Gasteiger partial charge on any atom is 0.245 e. The van der Waals surface area contributed by atoms with Gasteiger partial charge < -0.3 is 10.1 Å². The SMILES string of the molecule is CC(C)Oc1ccccc1N(CC(=O)Nc1ccc(F)cc1)S(C)(=O)=O. The maximum atomic E-state index is 12.9. The molecule has 0 fully saturated rings. The van der Waals surface area contributed by atoms with E-state index in [1.165, 1.54) is 24.3 Å². The number of benzene rings is 2. The minimum absolute atomic E-state index is 0.161. The number of hydrogen-bond acceptors (Lipinski definition) is 4. The molecule has 0 spiro atoms. The number of nitrogens with one attached hydrogen (secondary N) is 1. The number of para-hydroxylation sites is 2. The summed E-state index contributed by atoms with van der Waals surface area (Å²) in [6.07, 6.45) is 0.857. The van der Waals surface area contributed by atoms with Gasteiger partial charge in [0.25, 0.3) is 0 Å². The first-order chi connectivity index (χ1) is 12.2. The Balaban J connectivity index is 2.26. The van der Waals surface area contributed by atoms with Gasteiger partial charge in [0.05, 0.1) is 18.0 Å². The van der Waals surface area contributed by atoms with E-state index < -0.39 is 28.3 Å². The minimum atomic E-state index is -3.74. The summed E-state index contributed by atoms with van der Waals surface area (Å²) in [4.78, 5) is 12.3. The predicted octanol–water partition coefficient (Wildman–Crippen LogP) is 3.02. The third kappa shape index (κ3) is 5.45. The second kappa shape index (κ2) is 8.18. The second-order valence-corrected chi connectivity index (χ2v) is 7.87. The van der Waals surface area contributed by atoms with Crippen LogP contribution in [0.15, 0.2) is 48.5 Å². The van der Waals surface area contributed by atoms with Gasteiger partial charge in [-0.05, 0) is 50.2 Å². The molecule has 1 amide bonds. The number of carbonyl (C=O) groups is 1. The summed E-state index contributed by atoms with van der Waals surface area (Å²) in [5.41, 5.74) is 0.648. The first kappa shape index (κ1) is 19.7. The zero-order valence-corrected chi connectivity index (χ0v) is 15.6. The lowest BCUT2D eigenvalue weighted by Gasteiger charge is -2.25. The van der Waals surface area contributed by atoms with Crippen LogP contribution in [-0.4, -0.2) is 33.2 Å². The number of amides is 1. The van der Waals surface area contributed by atoms with Crippen LogP contribution in [0.25, 0.3) is 0 Å². The van der Waals surface area contributed by atoms with E-state index in [0.717, 1.165) is 10.6 Å². The largest absolute Gasteiger partial charge is 0.489 e. The molecule has 0 unspecified atom stereocenters. The molecule has 0 aliphatic rings. The second-order valence-electron chi connectivity index (χ2n) is 5.96. The Labute approximate surface area is 152 Å². The highest BCUT2D eigenvalue weighted by molar-refractivity contribution is 7.92. The molecule has 0 heterocycles. The highest BCUT2D eigenvalue weighted by Gasteiger charge is 2.24. The molecule has 6 nitrogen and oxygen atoms in total. The van der Waals surface area contributed by atoms with Crippen molar-refractivity contribution in [3.63, 3.8) is 0 Å². The molecular formula is C18H21FN2O4S. The Morgan fingerprint density at radius 3 is 2.35 bits per heavy atom. The quantitative estimate of drug-likeness (QED) is 0.801. The summed E-state index contributed by atoms with van der Waals surface area (Å²) in [5, 5.41) is 2.55. The van der Waals surface area contributed by atoms with Gasteiger partial charge in [-0.1, -0.05) is 12.1 Å². The molecular weight excluding hydrogens is 359 g/mol. The summed E-state index contributed by atoms with van der Waals surface area (Å²) in [6, 6.07) is 11.8. The molecule has 2 aromatic rings. The van der Waals surface area contributed by atoms with Crippen molar-refractivity contribution >= 4 is 27.3 Å². The monoisotopic (exact) mass is 380 g/mol. The lowest BCUT2D eigenvalue weighted by atomic mass is 10.2. The molecule has 0 aliphatic heterocycles. The zero-order valence-electron chi connectivity index (χ0n) is 14.8. The van der Waals surface area contributed by atoms with Gasteiger partial charge in [-0.2, -0.15) is 0 Å². The van der Waals surface area contributed by atoms with Gasteiger partial charge in [0.2, 0.25) is 15.9 Å². The smallest absolute Gasteiger partial charge is 0.245 e. The number of halogens is 1. The van der Waals surface area contributed by atoms with Crippen molar-refractivity contribution < 1.29 is 22.3 Å². The fourth-order valence-electron chi connectivity index (χ4n) is 2.26. The third-order valence-corrected chi connectivity index (χ3v) is 4.44. The summed E-state index contributed by atoms with van der Waals surface area (Å²) < 4.78 is 44.1. The van der Waals surface area contributed by atoms with Crippen LogP contribution in [-0.2, 0) is 14.8 Å². The van der Waals surface area contributed by atoms with Gasteiger partial charge in [-0.15, -0.1) is 0 Å². The Morgan fingerprint density at radius 1 is 1.15 bits per heavy atom.